The monoisotopic (exact) mass is 208 g/mol. The maximum atomic E-state index is 11.1. The first-order valence-electron chi connectivity index (χ1n) is 4.86. The number of carbonyl (C=O) groups excluding carboxylic acids is 1. The molecule has 0 spiro atoms. The van der Waals surface area contributed by atoms with E-state index in [9.17, 15) is 4.79 Å². The average molecular weight is 209 g/mol. The van der Waals surface area contributed by atoms with Crippen LogP contribution in [-0.2, 0) is 4.79 Å². The number of carbonyl (C=O) groups is 1. The van der Waals surface area contributed by atoms with Crippen LogP contribution in [0.25, 0.3) is 0 Å². The highest BCUT2D eigenvalue weighted by atomic mass is 35.5. The van der Waals surface area contributed by atoms with Gasteiger partial charge in [0.25, 0.3) is 0 Å². The first kappa shape index (κ1) is 9.72. The van der Waals surface area contributed by atoms with Gasteiger partial charge in [-0.1, -0.05) is 29.8 Å². The molecule has 0 bridgehead atoms. The van der Waals surface area contributed by atoms with E-state index in [2.05, 4.69) is 0 Å². The Labute approximate surface area is 89.1 Å². The molecule has 0 heterocycles. The topological polar surface area (TPSA) is 17.1 Å². The van der Waals surface area contributed by atoms with E-state index < -0.39 is 0 Å². The molecule has 1 aliphatic carbocycles. The summed E-state index contributed by atoms with van der Waals surface area (Å²) in [6.45, 7) is 3.66. The van der Waals surface area contributed by atoms with Gasteiger partial charge in [-0.25, -0.2) is 0 Å². The normalized spacial score (nSPS) is 24.8. The Morgan fingerprint density at radius 1 is 1.50 bits per heavy atom. The van der Waals surface area contributed by atoms with Crippen molar-refractivity contribution in [2.45, 2.75) is 26.2 Å². The second-order valence-electron chi connectivity index (χ2n) is 4.04. The smallest absolute Gasteiger partial charge is 0.133 e. The van der Waals surface area contributed by atoms with Crippen LogP contribution in [0.1, 0.15) is 30.4 Å². The molecule has 1 nitrogen and oxygen atoms in total. The number of Topliss-reactive ketones (excluding diaryl/α,β-unsaturated/α-hetero) is 1. The molecule has 14 heavy (non-hydrogen) atoms. The molecule has 2 atom stereocenters. The standard InChI is InChI=1S/C12H13ClO/c1-7-4-3-5-9(12(7)13)11-6-10(11)8(2)14/h3-5,10-11H,6H2,1-2H3. The number of rotatable bonds is 2. The number of halogens is 1. The Hall–Kier alpha value is -0.820. The number of benzene rings is 1. The van der Waals surface area contributed by atoms with E-state index in [1.165, 1.54) is 0 Å². The van der Waals surface area contributed by atoms with Crippen LogP contribution in [0.2, 0.25) is 5.02 Å². The van der Waals surface area contributed by atoms with Gasteiger partial charge in [0.05, 0.1) is 0 Å². The van der Waals surface area contributed by atoms with Crippen molar-refractivity contribution < 1.29 is 4.79 Å². The van der Waals surface area contributed by atoms with Crippen LogP contribution in [0.3, 0.4) is 0 Å². The molecule has 0 radical (unpaired) electrons. The zero-order chi connectivity index (χ0) is 10.3. The summed E-state index contributed by atoms with van der Waals surface area (Å²) >= 11 is 6.19. The first-order valence-corrected chi connectivity index (χ1v) is 5.24. The molecule has 1 aromatic carbocycles. The van der Waals surface area contributed by atoms with Gasteiger partial charge in [0, 0.05) is 10.9 Å². The SMILES string of the molecule is CC(=O)C1CC1c1cccc(C)c1Cl. The van der Waals surface area contributed by atoms with E-state index in [1.807, 2.05) is 25.1 Å². The first-order chi connectivity index (χ1) is 6.61. The quantitative estimate of drug-likeness (QED) is 0.729. The molecular weight excluding hydrogens is 196 g/mol. The second kappa shape index (κ2) is 3.39. The largest absolute Gasteiger partial charge is 0.300 e. The lowest BCUT2D eigenvalue weighted by Gasteiger charge is -2.05. The summed E-state index contributed by atoms with van der Waals surface area (Å²) in [5, 5.41) is 0.834. The van der Waals surface area contributed by atoms with Gasteiger partial charge in [-0.05, 0) is 37.3 Å². The van der Waals surface area contributed by atoms with Gasteiger partial charge in [-0.2, -0.15) is 0 Å². The minimum absolute atomic E-state index is 0.217. The van der Waals surface area contributed by atoms with Crippen LogP contribution >= 0.6 is 11.6 Å². The van der Waals surface area contributed by atoms with Crippen LogP contribution < -0.4 is 0 Å². The van der Waals surface area contributed by atoms with Crippen molar-refractivity contribution >= 4 is 17.4 Å². The van der Waals surface area contributed by atoms with E-state index in [0.717, 1.165) is 22.6 Å². The predicted octanol–water partition coefficient (Wildman–Crippen LogP) is 3.34. The molecule has 2 unspecified atom stereocenters. The summed E-state index contributed by atoms with van der Waals surface area (Å²) in [6, 6.07) is 6.03. The van der Waals surface area contributed by atoms with Gasteiger partial charge < -0.3 is 0 Å². The van der Waals surface area contributed by atoms with Crippen molar-refractivity contribution in [1.82, 2.24) is 0 Å². The minimum Gasteiger partial charge on any atom is -0.300 e. The summed E-state index contributed by atoms with van der Waals surface area (Å²) in [4.78, 5) is 11.1. The lowest BCUT2D eigenvalue weighted by atomic mass is 10.1. The highest BCUT2D eigenvalue weighted by molar-refractivity contribution is 6.32. The fourth-order valence-electron chi connectivity index (χ4n) is 1.94. The Bertz CT molecular complexity index is 384. The van der Waals surface area contributed by atoms with E-state index in [0.29, 0.717) is 5.92 Å². The Kier molecular flexibility index (Phi) is 2.36. The maximum absolute atomic E-state index is 11.1. The van der Waals surface area contributed by atoms with Crippen LogP contribution in [0.15, 0.2) is 18.2 Å². The molecule has 1 fully saturated rings. The molecule has 0 saturated heterocycles. The number of ketones is 1. The maximum Gasteiger partial charge on any atom is 0.133 e. The van der Waals surface area contributed by atoms with E-state index in [1.54, 1.807) is 6.92 Å². The van der Waals surface area contributed by atoms with Crippen LogP contribution in [-0.4, -0.2) is 5.78 Å². The molecule has 2 heteroatoms. The van der Waals surface area contributed by atoms with E-state index in [4.69, 9.17) is 11.6 Å². The Balaban J connectivity index is 2.27. The van der Waals surface area contributed by atoms with Crippen LogP contribution in [0, 0.1) is 12.8 Å². The lowest BCUT2D eigenvalue weighted by molar-refractivity contribution is -0.118. The second-order valence-corrected chi connectivity index (χ2v) is 4.42. The third-order valence-electron chi connectivity index (χ3n) is 2.93. The molecule has 74 valence electrons. The van der Waals surface area contributed by atoms with Crippen molar-refractivity contribution in [1.29, 1.82) is 0 Å². The highest BCUT2D eigenvalue weighted by Crippen LogP contribution is 2.50. The van der Waals surface area contributed by atoms with Crippen molar-refractivity contribution in [3.8, 4) is 0 Å². The zero-order valence-electron chi connectivity index (χ0n) is 8.38. The molecule has 1 aromatic rings. The number of aryl methyl sites for hydroxylation is 1. The van der Waals surface area contributed by atoms with Crippen molar-refractivity contribution in [3.05, 3.63) is 34.3 Å². The highest BCUT2D eigenvalue weighted by Gasteiger charge is 2.42. The molecule has 2 rings (SSSR count). The zero-order valence-corrected chi connectivity index (χ0v) is 9.14. The van der Waals surface area contributed by atoms with Crippen LogP contribution in [0.5, 0.6) is 0 Å². The van der Waals surface area contributed by atoms with E-state index >= 15 is 0 Å². The van der Waals surface area contributed by atoms with Crippen LogP contribution in [0.4, 0.5) is 0 Å². The molecular formula is C12H13ClO. The summed E-state index contributed by atoms with van der Waals surface area (Å²) in [6.07, 6.45) is 0.971. The fraction of sp³-hybridized carbons (Fsp3) is 0.417. The predicted molar refractivity (Wildman–Crippen MR) is 57.7 cm³/mol. The Morgan fingerprint density at radius 3 is 2.79 bits per heavy atom. The summed E-state index contributed by atoms with van der Waals surface area (Å²) in [7, 11) is 0. The van der Waals surface area contributed by atoms with Crippen molar-refractivity contribution in [3.63, 3.8) is 0 Å². The van der Waals surface area contributed by atoms with Gasteiger partial charge >= 0.3 is 0 Å². The van der Waals surface area contributed by atoms with Gasteiger partial charge in [0.2, 0.25) is 0 Å². The lowest BCUT2D eigenvalue weighted by Crippen LogP contribution is -1.95. The summed E-state index contributed by atoms with van der Waals surface area (Å²) in [5.41, 5.74) is 2.24. The molecule has 0 aliphatic heterocycles. The number of hydrogen-bond donors (Lipinski definition) is 0. The van der Waals surface area contributed by atoms with E-state index in [-0.39, 0.29) is 11.7 Å². The third-order valence-corrected chi connectivity index (χ3v) is 3.45. The fourth-order valence-corrected chi connectivity index (χ4v) is 2.21. The third kappa shape index (κ3) is 1.57. The summed E-state index contributed by atoms with van der Waals surface area (Å²) < 4.78 is 0. The molecule has 1 aliphatic rings. The van der Waals surface area contributed by atoms with Gasteiger partial charge in [0.15, 0.2) is 0 Å². The molecule has 0 amide bonds. The van der Waals surface area contributed by atoms with Crippen molar-refractivity contribution in [2.75, 3.05) is 0 Å². The summed E-state index contributed by atoms with van der Waals surface area (Å²) in [5.74, 6) is 0.877. The van der Waals surface area contributed by atoms with Gasteiger partial charge in [0.1, 0.15) is 5.78 Å². The van der Waals surface area contributed by atoms with Gasteiger partial charge in [-0.3, -0.25) is 4.79 Å². The molecule has 0 N–H and O–H groups in total. The average Bonchev–Trinajstić information content (AvgIpc) is 2.89. The van der Waals surface area contributed by atoms with Gasteiger partial charge in [-0.15, -0.1) is 0 Å². The number of hydrogen-bond acceptors (Lipinski definition) is 1. The molecule has 1 saturated carbocycles. The minimum atomic E-state index is 0.217. The Morgan fingerprint density at radius 2 is 2.21 bits per heavy atom. The molecule has 0 aromatic heterocycles. The van der Waals surface area contributed by atoms with Crippen molar-refractivity contribution in [2.24, 2.45) is 5.92 Å².